The van der Waals surface area contributed by atoms with Crippen LogP contribution in [0.3, 0.4) is 0 Å². The van der Waals surface area contributed by atoms with Gasteiger partial charge in [0.2, 0.25) is 0 Å². The quantitative estimate of drug-likeness (QED) is 0.756. The van der Waals surface area contributed by atoms with Crippen LogP contribution in [0, 0.1) is 0 Å². The number of nitrogens with one attached hydrogen (secondary N) is 2. The molecule has 2 aromatic rings. The Balaban J connectivity index is 2.03. The van der Waals surface area contributed by atoms with E-state index in [2.05, 4.69) is 10.6 Å². The maximum Gasteiger partial charge on any atom is 0.416 e. The molecule has 0 aliphatic carbocycles. The number of carbonyl (C=O) groups excluding carboxylic acids is 1. The van der Waals surface area contributed by atoms with Crippen LogP contribution in [-0.4, -0.2) is 19.7 Å². The Morgan fingerprint density at radius 1 is 1.12 bits per heavy atom. The molecule has 2 amide bonds. The van der Waals surface area contributed by atoms with Gasteiger partial charge in [0.25, 0.3) is 0 Å². The van der Waals surface area contributed by atoms with E-state index in [1.807, 2.05) is 6.07 Å². The topological polar surface area (TPSA) is 50.4 Å². The van der Waals surface area contributed by atoms with Gasteiger partial charge in [-0.2, -0.15) is 13.2 Å². The van der Waals surface area contributed by atoms with Gasteiger partial charge in [0.15, 0.2) is 0 Å². The van der Waals surface area contributed by atoms with Crippen molar-refractivity contribution in [3.05, 3.63) is 64.7 Å². The second kappa shape index (κ2) is 7.97. The summed E-state index contributed by atoms with van der Waals surface area (Å²) in [5.41, 5.74) is -0.891. The number of benzene rings is 2. The lowest BCUT2D eigenvalue weighted by Crippen LogP contribution is -2.41. The molecule has 2 N–H and O–H groups in total. The van der Waals surface area contributed by atoms with Crippen LogP contribution < -0.4 is 10.6 Å². The third kappa shape index (κ3) is 5.12. The highest BCUT2D eigenvalue weighted by molar-refractivity contribution is 6.30. The van der Waals surface area contributed by atoms with Gasteiger partial charge in [-0.05, 0) is 42.8 Å². The first-order chi connectivity index (χ1) is 12.1. The van der Waals surface area contributed by atoms with Crippen molar-refractivity contribution < 1.29 is 22.7 Å². The predicted octanol–water partition coefficient (Wildman–Crippen LogP) is 5.04. The summed E-state index contributed by atoms with van der Waals surface area (Å²) in [5.74, 6) is 0. The molecule has 0 saturated carbocycles. The van der Waals surface area contributed by atoms with E-state index in [0.717, 1.165) is 17.7 Å². The van der Waals surface area contributed by atoms with Gasteiger partial charge in [-0.25, -0.2) is 4.79 Å². The lowest BCUT2D eigenvalue weighted by Gasteiger charge is -2.29. The van der Waals surface area contributed by atoms with Crippen LogP contribution in [0.1, 0.15) is 18.1 Å². The van der Waals surface area contributed by atoms with Gasteiger partial charge < -0.3 is 15.4 Å². The molecule has 0 aliphatic heterocycles. The van der Waals surface area contributed by atoms with Gasteiger partial charge in [0.05, 0.1) is 12.1 Å². The zero-order valence-electron chi connectivity index (χ0n) is 14.2. The molecule has 2 rings (SSSR count). The molecule has 0 spiro atoms. The number of alkyl halides is 3. The summed E-state index contributed by atoms with van der Waals surface area (Å²) in [6.07, 6.45) is -4.48. The molecule has 1 atom stereocenters. The normalized spacial score (nSPS) is 13.8. The molecule has 8 heteroatoms. The fourth-order valence-corrected chi connectivity index (χ4v) is 2.50. The lowest BCUT2D eigenvalue weighted by molar-refractivity contribution is -0.137. The average Bonchev–Trinajstić information content (AvgIpc) is 2.59. The molecule has 0 heterocycles. The van der Waals surface area contributed by atoms with Gasteiger partial charge in [-0.15, -0.1) is 0 Å². The van der Waals surface area contributed by atoms with Crippen LogP contribution in [0.25, 0.3) is 0 Å². The Hall–Kier alpha value is -2.25. The Bertz CT molecular complexity index is 783. The van der Waals surface area contributed by atoms with Crippen molar-refractivity contribution in [3.63, 3.8) is 0 Å². The monoisotopic (exact) mass is 386 g/mol. The minimum Gasteiger partial charge on any atom is -0.372 e. The summed E-state index contributed by atoms with van der Waals surface area (Å²) in [7, 11) is 1.49. The highest BCUT2D eigenvalue weighted by atomic mass is 35.5. The highest BCUT2D eigenvalue weighted by Gasteiger charge is 2.31. The molecule has 140 valence electrons. The van der Waals surface area contributed by atoms with Crippen molar-refractivity contribution in [2.75, 3.05) is 19.0 Å². The third-order valence-corrected chi connectivity index (χ3v) is 4.15. The maximum absolute atomic E-state index is 12.7. The van der Waals surface area contributed by atoms with E-state index in [9.17, 15) is 18.0 Å². The summed E-state index contributed by atoms with van der Waals surface area (Å²) in [6.45, 7) is 1.86. The number of rotatable bonds is 5. The fraction of sp³-hybridized carbons (Fsp3) is 0.278. The van der Waals surface area contributed by atoms with Gasteiger partial charge in [0.1, 0.15) is 5.60 Å². The molecule has 4 nitrogen and oxygen atoms in total. The second-order valence-electron chi connectivity index (χ2n) is 5.83. The van der Waals surface area contributed by atoms with E-state index in [1.54, 1.807) is 25.1 Å². The molecular weight excluding hydrogens is 369 g/mol. The number of hydrogen-bond donors (Lipinski definition) is 2. The zero-order chi connectivity index (χ0) is 19.4. The lowest BCUT2D eigenvalue weighted by atomic mass is 9.96. The first-order valence-electron chi connectivity index (χ1n) is 7.67. The molecule has 0 fully saturated rings. The maximum atomic E-state index is 12.7. The Morgan fingerprint density at radius 2 is 1.77 bits per heavy atom. The second-order valence-corrected chi connectivity index (χ2v) is 6.27. The number of urea groups is 1. The molecule has 2 aromatic carbocycles. The first-order valence-corrected chi connectivity index (χ1v) is 8.05. The summed E-state index contributed by atoms with van der Waals surface area (Å²) < 4.78 is 43.7. The molecule has 1 unspecified atom stereocenters. The molecule has 0 aromatic heterocycles. The minimum absolute atomic E-state index is 0.0409. The fourth-order valence-electron chi connectivity index (χ4n) is 2.31. The van der Waals surface area contributed by atoms with E-state index in [-0.39, 0.29) is 12.2 Å². The number of halogens is 4. The van der Waals surface area contributed by atoms with Crippen LogP contribution in [-0.2, 0) is 16.5 Å². The molecule has 0 aliphatic rings. The number of amides is 2. The van der Waals surface area contributed by atoms with E-state index in [0.29, 0.717) is 5.02 Å². The summed E-state index contributed by atoms with van der Waals surface area (Å²) >= 11 is 5.98. The van der Waals surface area contributed by atoms with Crippen molar-refractivity contribution in [2.24, 2.45) is 0 Å². The van der Waals surface area contributed by atoms with Crippen LogP contribution >= 0.6 is 11.6 Å². The number of methoxy groups -OCH3 is 1. The third-order valence-electron chi connectivity index (χ3n) is 3.92. The highest BCUT2D eigenvalue weighted by Crippen LogP contribution is 2.30. The Kier molecular flexibility index (Phi) is 6.15. The standard InChI is InChI=1S/C18H18ClF3N2O2/c1-17(26-2,12-5-3-7-14(19)9-12)11-23-16(25)24-15-8-4-6-13(10-15)18(20,21)22/h3-10H,11H2,1-2H3,(H2,23,24,25). The van der Waals surface area contributed by atoms with E-state index >= 15 is 0 Å². The van der Waals surface area contributed by atoms with Crippen LogP contribution in [0.4, 0.5) is 23.7 Å². The summed E-state index contributed by atoms with van der Waals surface area (Å²) in [4.78, 5) is 12.0. The predicted molar refractivity (Wildman–Crippen MR) is 94.3 cm³/mol. The number of ether oxygens (including phenoxy) is 1. The molecular formula is C18H18ClF3N2O2. The Labute approximate surface area is 154 Å². The van der Waals surface area contributed by atoms with E-state index in [4.69, 9.17) is 16.3 Å². The van der Waals surface area contributed by atoms with E-state index < -0.39 is 23.4 Å². The molecule has 0 radical (unpaired) electrons. The molecule has 0 saturated heterocycles. The minimum atomic E-state index is -4.48. The zero-order valence-corrected chi connectivity index (χ0v) is 14.9. The number of hydrogen-bond acceptors (Lipinski definition) is 2. The first kappa shape index (κ1) is 20.1. The van der Waals surface area contributed by atoms with Crippen molar-refractivity contribution in [1.82, 2.24) is 5.32 Å². The SMILES string of the molecule is COC(C)(CNC(=O)Nc1cccc(C(F)(F)F)c1)c1cccc(Cl)c1. The van der Waals surface area contributed by atoms with Gasteiger partial charge in [0, 0.05) is 17.8 Å². The van der Waals surface area contributed by atoms with Crippen molar-refractivity contribution in [2.45, 2.75) is 18.7 Å². The van der Waals surface area contributed by atoms with Gasteiger partial charge in [-0.1, -0.05) is 29.8 Å². The van der Waals surface area contributed by atoms with E-state index in [1.165, 1.54) is 19.2 Å². The molecule has 0 bridgehead atoms. The summed E-state index contributed by atoms with van der Waals surface area (Å²) in [6, 6.07) is 10.8. The number of carbonyl (C=O) groups is 1. The van der Waals surface area contributed by atoms with Crippen molar-refractivity contribution >= 4 is 23.3 Å². The number of anilines is 1. The smallest absolute Gasteiger partial charge is 0.372 e. The van der Waals surface area contributed by atoms with Crippen LogP contribution in [0.15, 0.2) is 48.5 Å². The van der Waals surface area contributed by atoms with Crippen molar-refractivity contribution in [3.8, 4) is 0 Å². The van der Waals surface area contributed by atoms with Gasteiger partial charge >= 0.3 is 12.2 Å². The summed E-state index contributed by atoms with van der Waals surface area (Å²) in [5, 5.41) is 5.51. The molecule has 26 heavy (non-hydrogen) atoms. The largest absolute Gasteiger partial charge is 0.416 e. The average molecular weight is 387 g/mol. The Morgan fingerprint density at radius 3 is 2.38 bits per heavy atom. The van der Waals surface area contributed by atoms with Gasteiger partial charge in [-0.3, -0.25) is 0 Å². The van der Waals surface area contributed by atoms with Crippen LogP contribution in [0.2, 0.25) is 5.02 Å². The van der Waals surface area contributed by atoms with Crippen molar-refractivity contribution in [1.29, 1.82) is 0 Å². The van der Waals surface area contributed by atoms with Crippen LogP contribution in [0.5, 0.6) is 0 Å².